The number of sulfonamides is 1. The number of aryl methyl sites for hydroxylation is 1. The number of para-hydroxylation sites is 1. The first-order chi connectivity index (χ1) is 12.9. The van der Waals surface area contributed by atoms with Crippen molar-refractivity contribution in [1.82, 2.24) is 24.0 Å². The molecule has 0 aliphatic carbocycles. The Kier molecular flexibility index (Phi) is 4.70. The molecule has 3 heterocycles. The number of nitrogens with zero attached hydrogens (tertiary/aromatic N) is 5. The summed E-state index contributed by atoms with van der Waals surface area (Å²) >= 11 is 1.37. The van der Waals surface area contributed by atoms with E-state index in [0.717, 1.165) is 10.2 Å². The predicted octanol–water partition coefficient (Wildman–Crippen LogP) is 1.57. The molecule has 3 aromatic rings. The van der Waals surface area contributed by atoms with Crippen LogP contribution in [0.2, 0.25) is 0 Å². The van der Waals surface area contributed by atoms with Gasteiger partial charge in [-0.05, 0) is 18.6 Å². The molecule has 0 spiro atoms. The summed E-state index contributed by atoms with van der Waals surface area (Å²) in [4.78, 5) is 19.1. The minimum absolute atomic E-state index is 0.142. The molecule has 27 heavy (non-hydrogen) atoms. The normalized spacial score (nSPS) is 16.6. The number of amides is 1. The zero-order chi connectivity index (χ0) is 19.0. The van der Waals surface area contributed by atoms with Crippen molar-refractivity contribution >= 4 is 37.5 Å². The fourth-order valence-corrected chi connectivity index (χ4v) is 5.51. The second-order valence-corrected chi connectivity index (χ2v) is 9.35. The second kappa shape index (κ2) is 7.02. The maximum atomic E-state index is 12.8. The summed E-state index contributed by atoms with van der Waals surface area (Å²) in [5.41, 5.74) is 0.807. The summed E-state index contributed by atoms with van der Waals surface area (Å²) in [5, 5.41) is 4.39. The molecule has 0 radical (unpaired) electrons. The van der Waals surface area contributed by atoms with Crippen molar-refractivity contribution in [3.63, 3.8) is 0 Å². The van der Waals surface area contributed by atoms with Crippen LogP contribution in [-0.4, -0.2) is 64.5 Å². The first kappa shape index (κ1) is 18.1. The van der Waals surface area contributed by atoms with Gasteiger partial charge in [-0.2, -0.15) is 9.40 Å². The van der Waals surface area contributed by atoms with E-state index in [1.165, 1.54) is 32.7 Å². The van der Waals surface area contributed by atoms with E-state index in [-0.39, 0.29) is 17.3 Å². The second-order valence-electron chi connectivity index (χ2n) is 6.39. The van der Waals surface area contributed by atoms with Gasteiger partial charge in [-0.3, -0.25) is 9.48 Å². The monoisotopic (exact) mass is 405 g/mol. The van der Waals surface area contributed by atoms with Crippen LogP contribution >= 0.6 is 11.3 Å². The Morgan fingerprint density at radius 2 is 1.96 bits per heavy atom. The standard InChI is InChI=1S/C17H19N5O3S2/c1-20-12-13(11-18-20)27(24,25)22-8-4-7-21(9-10-22)17(23)16-19-14-5-2-3-6-15(14)26-16/h2-3,5-6,11-12H,4,7-10H2,1H3. The average molecular weight is 406 g/mol. The third kappa shape index (κ3) is 3.47. The van der Waals surface area contributed by atoms with Crippen LogP contribution in [0.3, 0.4) is 0 Å². The van der Waals surface area contributed by atoms with Crippen molar-refractivity contribution < 1.29 is 13.2 Å². The van der Waals surface area contributed by atoms with Gasteiger partial charge in [-0.15, -0.1) is 11.3 Å². The predicted molar refractivity (Wildman–Crippen MR) is 102 cm³/mol. The minimum atomic E-state index is -3.60. The number of carbonyl (C=O) groups is 1. The molecule has 2 aromatic heterocycles. The Hall–Kier alpha value is -2.30. The molecule has 0 N–H and O–H groups in total. The highest BCUT2D eigenvalue weighted by molar-refractivity contribution is 7.89. The van der Waals surface area contributed by atoms with Crippen molar-refractivity contribution in [2.45, 2.75) is 11.3 Å². The van der Waals surface area contributed by atoms with Gasteiger partial charge in [0.15, 0.2) is 5.01 Å². The highest BCUT2D eigenvalue weighted by Crippen LogP contribution is 2.24. The van der Waals surface area contributed by atoms with E-state index in [0.29, 0.717) is 31.1 Å². The van der Waals surface area contributed by atoms with E-state index < -0.39 is 10.0 Å². The van der Waals surface area contributed by atoms with Gasteiger partial charge < -0.3 is 4.90 Å². The molecule has 0 atom stereocenters. The van der Waals surface area contributed by atoms with Crippen LogP contribution in [0.1, 0.15) is 16.2 Å². The number of carbonyl (C=O) groups excluding carboxylic acids is 1. The number of hydrogen-bond donors (Lipinski definition) is 0. The highest BCUT2D eigenvalue weighted by atomic mass is 32.2. The average Bonchev–Trinajstić information content (AvgIpc) is 3.20. The zero-order valence-corrected chi connectivity index (χ0v) is 16.4. The molecular formula is C17H19N5O3S2. The summed E-state index contributed by atoms with van der Waals surface area (Å²) in [7, 11) is -1.92. The molecule has 1 saturated heterocycles. The number of thiazole rings is 1. The number of benzene rings is 1. The molecule has 0 unspecified atom stereocenters. The summed E-state index contributed by atoms with van der Waals surface area (Å²) in [5.74, 6) is -0.142. The van der Waals surface area contributed by atoms with E-state index in [4.69, 9.17) is 0 Å². The smallest absolute Gasteiger partial charge is 0.282 e. The van der Waals surface area contributed by atoms with Gasteiger partial charge >= 0.3 is 0 Å². The fraction of sp³-hybridized carbons (Fsp3) is 0.353. The topological polar surface area (TPSA) is 88.4 Å². The Labute approximate surface area is 161 Å². The van der Waals surface area contributed by atoms with Crippen molar-refractivity contribution in [3.05, 3.63) is 41.7 Å². The molecule has 4 rings (SSSR count). The van der Waals surface area contributed by atoms with Gasteiger partial charge in [0, 0.05) is 39.4 Å². The fourth-order valence-electron chi connectivity index (χ4n) is 3.12. The minimum Gasteiger partial charge on any atom is -0.335 e. The molecule has 1 aliphatic rings. The van der Waals surface area contributed by atoms with Crippen molar-refractivity contribution in [2.24, 2.45) is 7.05 Å². The SMILES string of the molecule is Cn1cc(S(=O)(=O)N2CCCN(C(=O)c3nc4ccccc4s3)CC2)cn1. The maximum absolute atomic E-state index is 12.8. The van der Waals surface area contributed by atoms with Crippen molar-refractivity contribution in [2.75, 3.05) is 26.2 Å². The van der Waals surface area contributed by atoms with E-state index in [1.807, 2.05) is 24.3 Å². The first-order valence-corrected chi connectivity index (χ1v) is 10.8. The van der Waals surface area contributed by atoms with Crippen LogP contribution in [0.4, 0.5) is 0 Å². The lowest BCUT2D eigenvalue weighted by atomic mass is 10.3. The van der Waals surface area contributed by atoms with Crippen LogP contribution in [0.5, 0.6) is 0 Å². The first-order valence-electron chi connectivity index (χ1n) is 8.59. The van der Waals surface area contributed by atoms with Gasteiger partial charge in [0.05, 0.1) is 16.4 Å². The lowest BCUT2D eigenvalue weighted by Gasteiger charge is -2.20. The van der Waals surface area contributed by atoms with Crippen LogP contribution < -0.4 is 0 Å². The molecule has 1 aliphatic heterocycles. The van der Waals surface area contributed by atoms with Crippen LogP contribution in [-0.2, 0) is 17.1 Å². The third-order valence-corrected chi connectivity index (χ3v) is 7.41. The molecule has 142 valence electrons. The Morgan fingerprint density at radius 1 is 1.15 bits per heavy atom. The molecule has 1 aromatic carbocycles. The van der Waals surface area contributed by atoms with E-state index in [9.17, 15) is 13.2 Å². The number of hydrogen-bond acceptors (Lipinski definition) is 6. The van der Waals surface area contributed by atoms with Gasteiger partial charge in [0.25, 0.3) is 5.91 Å². The lowest BCUT2D eigenvalue weighted by molar-refractivity contribution is 0.0764. The molecule has 10 heteroatoms. The zero-order valence-electron chi connectivity index (χ0n) is 14.8. The van der Waals surface area contributed by atoms with Crippen molar-refractivity contribution in [1.29, 1.82) is 0 Å². The molecule has 1 amide bonds. The number of fused-ring (bicyclic) bond motifs is 1. The lowest BCUT2D eigenvalue weighted by Crippen LogP contribution is -2.37. The van der Waals surface area contributed by atoms with E-state index in [1.54, 1.807) is 11.9 Å². The quantitative estimate of drug-likeness (QED) is 0.660. The summed E-state index contributed by atoms with van der Waals surface area (Å²) in [6.45, 7) is 1.48. The van der Waals surface area contributed by atoms with Crippen LogP contribution in [0.25, 0.3) is 10.2 Å². The third-order valence-electron chi connectivity index (χ3n) is 4.54. The van der Waals surface area contributed by atoms with E-state index >= 15 is 0 Å². The Morgan fingerprint density at radius 3 is 2.70 bits per heavy atom. The van der Waals surface area contributed by atoms with Crippen molar-refractivity contribution in [3.8, 4) is 0 Å². The summed E-state index contributed by atoms with van der Waals surface area (Å²) in [6, 6.07) is 7.63. The highest BCUT2D eigenvalue weighted by Gasteiger charge is 2.30. The van der Waals surface area contributed by atoms with Crippen LogP contribution in [0.15, 0.2) is 41.6 Å². The maximum Gasteiger partial charge on any atom is 0.282 e. The summed E-state index contributed by atoms with van der Waals surface area (Å²) < 4.78 is 29.4. The van der Waals surface area contributed by atoms with Crippen LogP contribution in [0, 0.1) is 0 Å². The van der Waals surface area contributed by atoms with Gasteiger partial charge in [-0.1, -0.05) is 12.1 Å². The number of aromatic nitrogens is 3. The molecule has 1 fully saturated rings. The molecular weight excluding hydrogens is 386 g/mol. The summed E-state index contributed by atoms with van der Waals surface area (Å²) in [6.07, 6.45) is 3.42. The number of rotatable bonds is 3. The Bertz CT molecular complexity index is 1060. The molecule has 8 nitrogen and oxygen atoms in total. The van der Waals surface area contributed by atoms with Gasteiger partial charge in [0.1, 0.15) is 4.90 Å². The largest absolute Gasteiger partial charge is 0.335 e. The van der Waals surface area contributed by atoms with E-state index in [2.05, 4.69) is 10.1 Å². The Balaban J connectivity index is 1.50. The van der Waals surface area contributed by atoms with Gasteiger partial charge in [0.2, 0.25) is 10.0 Å². The van der Waals surface area contributed by atoms with Gasteiger partial charge in [-0.25, -0.2) is 13.4 Å². The molecule has 0 saturated carbocycles. The molecule has 0 bridgehead atoms.